The number of nitrogens with one attached hydrogen (secondary N) is 1. The van der Waals surface area contributed by atoms with Gasteiger partial charge in [0.05, 0.1) is 18.0 Å². The normalized spacial score (nSPS) is 15.1. The van der Waals surface area contributed by atoms with Gasteiger partial charge >= 0.3 is 6.09 Å². The number of piperidine rings is 1. The first-order chi connectivity index (χ1) is 21.5. The van der Waals surface area contributed by atoms with Crippen molar-refractivity contribution in [2.45, 2.75) is 40.5 Å². The highest BCUT2D eigenvalue weighted by Crippen LogP contribution is 2.31. The summed E-state index contributed by atoms with van der Waals surface area (Å²) in [5.41, 5.74) is 6.64. The smallest absolute Gasteiger partial charge is 0.420 e. The molecule has 1 atom stereocenters. The maximum atomic E-state index is 15.1. The molecule has 1 N–H and O–H groups in total. The van der Waals surface area contributed by atoms with E-state index < -0.39 is 11.9 Å². The van der Waals surface area contributed by atoms with Gasteiger partial charge < -0.3 is 19.7 Å². The summed E-state index contributed by atoms with van der Waals surface area (Å²) < 4.78 is 26.7. The quantitative estimate of drug-likeness (QED) is 0.210. The van der Waals surface area contributed by atoms with Crippen LogP contribution < -0.4 is 19.7 Å². The number of carbonyl (C=O) groups excluding carboxylic acids is 1. The summed E-state index contributed by atoms with van der Waals surface area (Å²) in [6, 6.07) is 15.6. The summed E-state index contributed by atoms with van der Waals surface area (Å²) in [4.78, 5) is 26.1. The SMILES string of the molecule is Cc1ccc(Cl)cc1N(C)C(=O)Oc1cc(-c2ccc(C)c(C)c2C)nc(Nc2ccc(OCC3CCCN(C)C3)c(F)c2)n1. The van der Waals surface area contributed by atoms with Crippen molar-refractivity contribution in [1.29, 1.82) is 0 Å². The highest BCUT2D eigenvalue weighted by Gasteiger charge is 2.21. The minimum absolute atomic E-state index is 0.0366. The van der Waals surface area contributed by atoms with Crippen molar-refractivity contribution in [3.63, 3.8) is 0 Å². The van der Waals surface area contributed by atoms with Crippen LogP contribution in [-0.4, -0.2) is 54.8 Å². The third-order valence-electron chi connectivity index (χ3n) is 8.42. The van der Waals surface area contributed by atoms with E-state index >= 15 is 4.39 Å². The number of rotatable bonds is 8. The van der Waals surface area contributed by atoms with E-state index in [0.717, 1.165) is 53.7 Å². The zero-order valence-corrected chi connectivity index (χ0v) is 27.3. The first kappa shape index (κ1) is 32.2. The van der Waals surface area contributed by atoms with Gasteiger partial charge in [0.15, 0.2) is 11.6 Å². The summed E-state index contributed by atoms with van der Waals surface area (Å²) in [5.74, 6) is 0.259. The molecule has 1 aromatic heterocycles. The van der Waals surface area contributed by atoms with Gasteiger partial charge in [0.1, 0.15) is 0 Å². The fraction of sp³-hybridized carbons (Fsp3) is 0.343. The second kappa shape index (κ2) is 13.8. The lowest BCUT2D eigenvalue weighted by Gasteiger charge is -2.29. The second-order valence-corrected chi connectivity index (χ2v) is 12.2. The number of aromatic nitrogens is 2. The van der Waals surface area contributed by atoms with Gasteiger partial charge in [-0.3, -0.25) is 4.90 Å². The van der Waals surface area contributed by atoms with Gasteiger partial charge in [0.25, 0.3) is 0 Å². The first-order valence-corrected chi connectivity index (χ1v) is 15.4. The molecule has 8 nitrogen and oxygen atoms in total. The molecule has 0 saturated carbocycles. The largest absolute Gasteiger partial charge is 0.490 e. The lowest BCUT2D eigenvalue weighted by atomic mass is 9.97. The number of hydrogen-bond donors (Lipinski definition) is 1. The van der Waals surface area contributed by atoms with Crippen molar-refractivity contribution in [1.82, 2.24) is 14.9 Å². The lowest BCUT2D eigenvalue weighted by molar-refractivity contribution is 0.147. The zero-order valence-electron chi connectivity index (χ0n) is 26.6. The average Bonchev–Trinajstić information content (AvgIpc) is 3.00. The Bertz CT molecular complexity index is 1720. The summed E-state index contributed by atoms with van der Waals surface area (Å²) in [6.07, 6.45) is 1.54. The topological polar surface area (TPSA) is 79.8 Å². The van der Waals surface area contributed by atoms with Crippen LogP contribution in [0.1, 0.15) is 35.1 Å². The third-order valence-corrected chi connectivity index (χ3v) is 8.65. The Labute approximate surface area is 269 Å². The predicted molar refractivity (Wildman–Crippen MR) is 178 cm³/mol. The number of nitrogens with zero attached hydrogens (tertiary/aromatic N) is 4. The van der Waals surface area contributed by atoms with Crippen LogP contribution in [0.4, 0.5) is 26.5 Å². The van der Waals surface area contributed by atoms with E-state index in [2.05, 4.69) is 36.1 Å². The zero-order chi connectivity index (χ0) is 32.2. The fourth-order valence-corrected chi connectivity index (χ4v) is 5.71. The molecule has 1 aliphatic rings. The summed E-state index contributed by atoms with van der Waals surface area (Å²) in [5, 5.41) is 3.58. The van der Waals surface area contributed by atoms with E-state index in [4.69, 9.17) is 26.1 Å². The van der Waals surface area contributed by atoms with Crippen molar-refractivity contribution in [2.75, 3.05) is 44.0 Å². The van der Waals surface area contributed by atoms with Crippen molar-refractivity contribution >= 4 is 35.0 Å². The maximum absolute atomic E-state index is 15.1. The van der Waals surface area contributed by atoms with Crippen molar-refractivity contribution < 1.29 is 18.7 Å². The predicted octanol–water partition coefficient (Wildman–Crippen LogP) is 8.27. The standard InChI is InChI=1S/C35H39ClFN5O3/c1-21-10-13-28(24(4)23(21)3)30-18-33(45-35(43)42(6)31-16-26(36)11-9-22(31)2)40-34(39-30)38-27-12-14-32(29(37)17-27)44-20-25-8-7-15-41(5)19-25/h9-14,16-18,25H,7-8,15,19-20H2,1-6H3,(H,38,39,40). The molecule has 4 aromatic rings. The molecule has 45 heavy (non-hydrogen) atoms. The molecule has 0 aliphatic carbocycles. The molecular weight excluding hydrogens is 593 g/mol. The molecule has 1 amide bonds. The van der Waals surface area contributed by atoms with Crippen molar-refractivity contribution in [3.05, 3.63) is 87.7 Å². The molecule has 1 unspecified atom stereocenters. The number of likely N-dealkylation sites (tertiary alicyclic amines) is 1. The van der Waals surface area contributed by atoms with Crippen LogP contribution in [0.25, 0.3) is 11.3 Å². The van der Waals surface area contributed by atoms with Crippen molar-refractivity contribution in [2.24, 2.45) is 5.92 Å². The molecule has 236 valence electrons. The Kier molecular flexibility index (Phi) is 9.90. The van der Waals surface area contributed by atoms with Gasteiger partial charge in [-0.15, -0.1) is 0 Å². The van der Waals surface area contributed by atoms with Gasteiger partial charge in [-0.2, -0.15) is 4.98 Å². The number of anilines is 3. The van der Waals surface area contributed by atoms with Crippen LogP contribution in [0, 0.1) is 39.4 Å². The van der Waals surface area contributed by atoms with E-state index in [1.165, 1.54) is 11.0 Å². The molecule has 1 aliphatic heterocycles. The van der Waals surface area contributed by atoms with Crippen LogP contribution in [0.15, 0.2) is 54.6 Å². The molecule has 0 bridgehead atoms. The highest BCUT2D eigenvalue weighted by atomic mass is 35.5. The average molecular weight is 632 g/mol. The number of amides is 1. The molecular formula is C35H39ClFN5O3. The van der Waals surface area contributed by atoms with Gasteiger partial charge in [-0.05, 0) is 101 Å². The Hall–Kier alpha value is -4.21. The minimum atomic E-state index is -0.649. The molecule has 2 heterocycles. The Morgan fingerprint density at radius 1 is 1.04 bits per heavy atom. The number of carbonyl (C=O) groups is 1. The van der Waals surface area contributed by atoms with Crippen LogP contribution in [0.5, 0.6) is 11.6 Å². The highest BCUT2D eigenvalue weighted by molar-refractivity contribution is 6.31. The lowest BCUT2D eigenvalue weighted by Crippen LogP contribution is -2.34. The van der Waals surface area contributed by atoms with Crippen LogP contribution in [0.3, 0.4) is 0 Å². The van der Waals surface area contributed by atoms with E-state index in [1.807, 2.05) is 32.0 Å². The molecule has 3 aromatic carbocycles. The Morgan fingerprint density at radius 3 is 2.58 bits per heavy atom. The number of ether oxygens (including phenoxy) is 2. The summed E-state index contributed by atoms with van der Waals surface area (Å²) in [7, 11) is 3.70. The van der Waals surface area contributed by atoms with E-state index in [0.29, 0.717) is 34.6 Å². The molecule has 1 fully saturated rings. The minimum Gasteiger partial charge on any atom is -0.490 e. The summed E-state index contributed by atoms with van der Waals surface area (Å²) >= 11 is 6.19. The fourth-order valence-electron chi connectivity index (χ4n) is 5.55. The number of benzene rings is 3. The van der Waals surface area contributed by atoms with E-state index in [-0.39, 0.29) is 17.6 Å². The molecule has 0 radical (unpaired) electrons. The van der Waals surface area contributed by atoms with Gasteiger partial charge in [-0.25, -0.2) is 14.2 Å². The number of halogens is 2. The van der Waals surface area contributed by atoms with Crippen LogP contribution >= 0.6 is 11.6 Å². The number of aryl methyl sites for hydroxylation is 2. The first-order valence-electron chi connectivity index (χ1n) is 15.0. The number of hydrogen-bond acceptors (Lipinski definition) is 7. The van der Waals surface area contributed by atoms with Crippen LogP contribution in [-0.2, 0) is 0 Å². The Balaban J connectivity index is 1.41. The third kappa shape index (κ3) is 7.72. The molecule has 10 heteroatoms. The molecule has 5 rings (SSSR count). The maximum Gasteiger partial charge on any atom is 0.420 e. The van der Waals surface area contributed by atoms with Crippen LogP contribution in [0.2, 0.25) is 5.02 Å². The van der Waals surface area contributed by atoms with Crippen molar-refractivity contribution in [3.8, 4) is 22.9 Å². The van der Waals surface area contributed by atoms with Gasteiger partial charge in [0, 0.05) is 47.9 Å². The second-order valence-electron chi connectivity index (χ2n) is 11.8. The monoisotopic (exact) mass is 631 g/mol. The molecule has 0 spiro atoms. The van der Waals surface area contributed by atoms with Gasteiger partial charge in [0.2, 0.25) is 11.8 Å². The Morgan fingerprint density at radius 2 is 1.82 bits per heavy atom. The van der Waals surface area contributed by atoms with E-state index in [9.17, 15) is 4.79 Å². The summed E-state index contributed by atoms with van der Waals surface area (Å²) in [6.45, 7) is 10.5. The van der Waals surface area contributed by atoms with E-state index in [1.54, 1.807) is 37.4 Å². The van der Waals surface area contributed by atoms with Gasteiger partial charge in [-0.1, -0.05) is 29.8 Å². The molecule has 1 saturated heterocycles.